The number of halogens is 1. The van der Waals surface area contributed by atoms with E-state index < -0.39 is 0 Å². The highest BCUT2D eigenvalue weighted by Gasteiger charge is 2.13. The average molecular weight is 283 g/mol. The van der Waals surface area contributed by atoms with Gasteiger partial charge in [0.15, 0.2) is 6.61 Å². The second-order valence-corrected chi connectivity index (χ2v) is 5.11. The topological polar surface area (TPSA) is 50.4 Å². The van der Waals surface area contributed by atoms with Gasteiger partial charge in [-0.2, -0.15) is 0 Å². The molecule has 1 amide bonds. The Balaban J connectivity index is 1.60. The van der Waals surface area contributed by atoms with Crippen LogP contribution in [0.4, 0.5) is 0 Å². The van der Waals surface area contributed by atoms with Crippen molar-refractivity contribution in [3.63, 3.8) is 0 Å². The molecular formula is C14H19ClN2O2. The van der Waals surface area contributed by atoms with E-state index in [0.29, 0.717) is 23.4 Å². The molecule has 1 aliphatic rings. The molecule has 0 saturated carbocycles. The third-order valence-corrected chi connectivity index (χ3v) is 3.41. The minimum atomic E-state index is -0.0899. The molecule has 0 aliphatic carbocycles. The molecular weight excluding hydrogens is 264 g/mol. The third-order valence-electron chi connectivity index (χ3n) is 3.16. The van der Waals surface area contributed by atoms with Gasteiger partial charge in [-0.3, -0.25) is 4.79 Å². The summed E-state index contributed by atoms with van der Waals surface area (Å²) in [4.78, 5) is 11.6. The molecule has 1 saturated heterocycles. The smallest absolute Gasteiger partial charge is 0.257 e. The Kier molecular flexibility index (Phi) is 5.48. The minimum absolute atomic E-state index is 0.0414. The van der Waals surface area contributed by atoms with Gasteiger partial charge in [0.1, 0.15) is 5.75 Å². The van der Waals surface area contributed by atoms with E-state index in [0.717, 1.165) is 13.0 Å². The summed E-state index contributed by atoms with van der Waals surface area (Å²) in [5, 5.41) is 6.91. The molecule has 0 aromatic heterocycles. The molecule has 1 heterocycles. The van der Waals surface area contributed by atoms with E-state index in [1.165, 1.54) is 12.8 Å². The molecule has 0 spiro atoms. The highest BCUT2D eigenvalue weighted by Crippen LogP contribution is 2.15. The Hall–Kier alpha value is -1.26. The van der Waals surface area contributed by atoms with Crippen LogP contribution in [-0.2, 0) is 4.79 Å². The fourth-order valence-electron chi connectivity index (χ4n) is 2.12. The summed E-state index contributed by atoms with van der Waals surface area (Å²) in [6.07, 6.45) is 3.42. The van der Waals surface area contributed by atoms with Crippen molar-refractivity contribution in [2.24, 2.45) is 0 Å². The lowest BCUT2D eigenvalue weighted by atomic mass is 10.1. The molecule has 2 N–H and O–H groups in total. The van der Waals surface area contributed by atoms with Gasteiger partial charge in [0.25, 0.3) is 5.91 Å². The summed E-state index contributed by atoms with van der Waals surface area (Å²) in [5.74, 6) is 0.560. The summed E-state index contributed by atoms with van der Waals surface area (Å²) in [6.45, 7) is 1.83. The van der Waals surface area contributed by atoms with Crippen LogP contribution in [-0.4, -0.2) is 31.6 Å². The van der Waals surface area contributed by atoms with Crippen molar-refractivity contribution in [2.75, 3.05) is 19.7 Å². The van der Waals surface area contributed by atoms with E-state index in [9.17, 15) is 4.79 Å². The standard InChI is InChI=1S/C14H19ClN2O2/c15-11-3-5-13(6-4-11)19-10-14(18)17-9-7-12-2-1-8-16-12/h3-6,12,16H,1-2,7-10H2,(H,17,18)/t12-/m0/s1. The minimum Gasteiger partial charge on any atom is -0.484 e. The Labute approximate surface area is 118 Å². The van der Waals surface area contributed by atoms with Gasteiger partial charge in [0, 0.05) is 17.6 Å². The van der Waals surface area contributed by atoms with Gasteiger partial charge >= 0.3 is 0 Å². The molecule has 5 heteroatoms. The van der Waals surface area contributed by atoms with Crippen molar-refractivity contribution in [3.8, 4) is 5.75 Å². The zero-order valence-electron chi connectivity index (χ0n) is 10.8. The molecule has 1 aromatic carbocycles. The quantitative estimate of drug-likeness (QED) is 0.839. The van der Waals surface area contributed by atoms with Crippen LogP contribution in [0.3, 0.4) is 0 Å². The van der Waals surface area contributed by atoms with Crippen LogP contribution < -0.4 is 15.4 Å². The van der Waals surface area contributed by atoms with E-state index in [1.54, 1.807) is 24.3 Å². The monoisotopic (exact) mass is 282 g/mol. The van der Waals surface area contributed by atoms with Gasteiger partial charge in [0.05, 0.1) is 0 Å². The Morgan fingerprint density at radius 3 is 2.89 bits per heavy atom. The van der Waals surface area contributed by atoms with Gasteiger partial charge in [-0.15, -0.1) is 0 Å². The first-order valence-electron chi connectivity index (χ1n) is 6.62. The van der Waals surface area contributed by atoms with Gasteiger partial charge < -0.3 is 15.4 Å². The lowest BCUT2D eigenvalue weighted by Gasteiger charge is -2.11. The molecule has 1 aliphatic heterocycles. The van der Waals surface area contributed by atoms with Gasteiger partial charge in [-0.1, -0.05) is 11.6 Å². The first-order chi connectivity index (χ1) is 9.24. The Morgan fingerprint density at radius 2 is 2.21 bits per heavy atom. The first-order valence-corrected chi connectivity index (χ1v) is 7.00. The number of nitrogens with one attached hydrogen (secondary N) is 2. The highest BCUT2D eigenvalue weighted by molar-refractivity contribution is 6.30. The van der Waals surface area contributed by atoms with Crippen LogP contribution in [0.1, 0.15) is 19.3 Å². The summed E-state index contributed by atoms with van der Waals surface area (Å²) in [5.41, 5.74) is 0. The van der Waals surface area contributed by atoms with Crippen molar-refractivity contribution in [2.45, 2.75) is 25.3 Å². The fraction of sp³-hybridized carbons (Fsp3) is 0.500. The van der Waals surface area contributed by atoms with E-state index in [-0.39, 0.29) is 12.5 Å². The lowest BCUT2D eigenvalue weighted by Crippen LogP contribution is -2.33. The number of amides is 1. The Bertz CT molecular complexity index is 402. The highest BCUT2D eigenvalue weighted by atomic mass is 35.5. The number of carbonyl (C=O) groups excluding carboxylic acids is 1. The summed E-state index contributed by atoms with van der Waals surface area (Å²) in [6, 6.07) is 7.52. The van der Waals surface area contributed by atoms with E-state index >= 15 is 0 Å². The van der Waals surface area contributed by atoms with E-state index in [4.69, 9.17) is 16.3 Å². The van der Waals surface area contributed by atoms with Gasteiger partial charge in [0.2, 0.25) is 0 Å². The number of ether oxygens (including phenoxy) is 1. The summed E-state index contributed by atoms with van der Waals surface area (Å²) < 4.78 is 5.36. The fourth-order valence-corrected chi connectivity index (χ4v) is 2.25. The molecule has 1 fully saturated rings. The van der Waals surface area contributed by atoms with Crippen molar-refractivity contribution >= 4 is 17.5 Å². The number of hydrogen-bond acceptors (Lipinski definition) is 3. The molecule has 1 atom stereocenters. The van der Waals surface area contributed by atoms with Crippen LogP contribution in [0, 0.1) is 0 Å². The molecule has 2 rings (SSSR count). The van der Waals surface area contributed by atoms with E-state index in [2.05, 4.69) is 10.6 Å². The Morgan fingerprint density at radius 1 is 1.42 bits per heavy atom. The van der Waals surface area contributed by atoms with Crippen LogP contribution in [0.5, 0.6) is 5.75 Å². The molecule has 4 nitrogen and oxygen atoms in total. The zero-order valence-corrected chi connectivity index (χ0v) is 11.6. The maximum Gasteiger partial charge on any atom is 0.257 e. The molecule has 104 valence electrons. The average Bonchev–Trinajstić information content (AvgIpc) is 2.91. The first kappa shape index (κ1) is 14.2. The maximum atomic E-state index is 11.6. The zero-order chi connectivity index (χ0) is 13.5. The maximum absolute atomic E-state index is 11.6. The molecule has 0 unspecified atom stereocenters. The number of rotatable bonds is 6. The van der Waals surface area contributed by atoms with E-state index in [1.807, 2.05) is 0 Å². The second kappa shape index (κ2) is 7.36. The second-order valence-electron chi connectivity index (χ2n) is 4.67. The van der Waals surface area contributed by atoms with Crippen molar-refractivity contribution in [1.82, 2.24) is 10.6 Å². The summed E-state index contributed by atoms with van der Waals surface area (Å²) >= 11 is 5.76. The molecule has 0 bridgehead atoms. The van der Waals surface area contributed by atoms with Crippen LogP contribution in [0.15, 0.2) is 24.3 Å². The van der Waals surface area contributed by atoms with Crippen molar-refractivity contribution in [3.05, 3.63) is 29.3 Å². The number of carbonyl (C=O) groups is 1. The molecule has 1 aromatic rings. The van der Waals surface area contributed by atoms with Crippen molar-refractivity contribution in [1.29, 1.82) is 0 Å². The SMILES string of the molecule is O=C(COc1ccc(Cl)cc1)NCC[C@@H]1CCCN1. The third kappa shape index (κ3) is 5.09. The predicted molar refractivity (Wildman–Crippen MR) is 75.6 cm³/mol. The predicted octanol–water partition coefficient (Wildman–Crippen LogP) is 1.98. The largest absolute Gasteiger partial charge is 0.484 e. The lowest BCUT2D eigenvalue weighted by molar-refractivity contribution is -0.123. The summed E-state index contributed by atoms with van der Waals surface area (Å²) in [7, 11) is 0. The number of benzene rings is 1. The normalized spacial score (nSPS) is 18.3. The van der Waals surface area contributed by atoms with Crippen LogP contribution >= 0.6 is 11.6 Å². The van der Waals surface area contributed by atoms with Crippen LogP contribution in [0.2, 0.25) is 5.02 Å². The molecule has 0 radical (unpaired) electrons. The number of hydrogen-bond donors (Lipinski definition) is 2. The molecule has 19 heavy (non-hydrogen) atoms. The van der Waals surface area contributed by atoms with Crippen molar-refractivity contribution < 1.29 is 9.53 Å². The van der Waals surface area contributed by atoms with Crippen LogP contribution in [0.25, 0.3) is 0 Å². The van der Waals surface area contributed by atoms with Gasteiger partial charge in [-0.05, 0) is 50.1 Å². The van der Waals surface area contributed by atoms with Gasteiger partial charge in [-0.25, -0.2) is 0 Å².